The number of hydrogen-bond acceptors (Lipinski definition) is 3. The average molecular weight is 266 g/mol. The maximum Gasteiger partial charge on any atom is 0.271 e. The average Bonchev–Trinajstić information content (AvgIpc) is 2.78. The second kappa shape index (κ2) is 5.05. The Morgan fingerprint density at radius 2 is 2.16 bits per heavy atom. The Bertz CT molecular complexity index is 612. The number of aromatic nitrogens is 2. The minimum absolute atomic E-state index is 0.0177. The van der Waals surface area contributed by atoms with Crippen LogP contribution in [0.25, 0.3) is 0 Å². The number of carbonyl (C=O) groups is 1. The van der Waals surface area contributed by atoms with Crippen molar-refractivity contribution in [3.05, 3.63) is 47.2 Å². The van der Waals surface area contributed by atoms with Crippen LogP contribution in [0, 0.1) is 11.6 Å². The minimum atomic E-state index is -0.691. The first-order valence-corrected chi connectivity index (χ1v) is 5.47. The van der Waals surface area contributed by atoms with E-state index < -0.39 is 11.6 Å². The van der Waals surface area contributed by atoms with Gasteiger partial charge in [-0.2, -0.15) is 5.10 Å². The van der Waals surface area contributed by atoms with E-state index in [4.69, 9.17) is 5.73 Å². The van der Waals surface area contributed by atoms with E-state index in [0.717, 1.165) is 12.1 Å². The van der Waals surface area contributed by atoms with Gasteiger partial charge < -0.3 is 10.6 Å². The number of nitrogens with one attached hydrogen (secondary N) is 1. The number of rotatable bonds is 3. The van der Waals surface area contributed by atoms with Gasteiger partial charge in [-0.15, -0.1) is 0 Å². The third-order valence-electron chi connectivity index (χ3n) is 2.60. The molecule has 0 spiro atoms. The lowest BCUT2D eigenvalue weighted by molar-refractivity contribution is 0.0778. The van der Waals surface area contributed by atoms with Gasteiger partial charge in [0.15, 0.2) is 0 Å². The SMILES string of the molecule is CN(Cc1ccc(F)cc1F)C(=O)c1cc(N)n[nH]1. The highest BCUT2D eigenvalue weighted by Crippen LogP contribution is 2.13. The zero-order chi connectivity index (χ0) is 14.0. The van der Waals surface area contributed by atoms with Gasteiger partial charge in [-0.05, 0) is 6.07 Å². The molecule has 2 rings (SSSR count). The van der Waals surface area contributed by atoms with Crippen molar-refractivity contribution < 1.29 is 13.6 Å². The number of nitrogens with zero attached hydrogens (tertiary/aromatic N) is 2. The third kappa shape index (κ3) is 2.87. The standard InChI is InChI=1S/C12H12F2N4O/c1-18(12(19)10-5-11(15)17-16-10)6-7-2-3-8(13)4-9(7)14/h2-5H,6H2,1H3,(H3,15,16,17). The predicted molar refractivity (Wildman–Crippen MR) is 65.2 cm³/mol. The van der Waals surface area contributed by atoms with E-state index in [1.165, 1.54) is 24.1 Å². The Balaban J connectivity index is 2.12. The van der Waals surface area contributed by atoms with E-state index in [2.05, 4.69) is 10.2 Å². The summed E-state index contributed by atoms with van der Waals surface area (Å²) < 4.78 is 26.2. The molecule has 0 saturated carbocycles. The Labute approximate surface area is 108 Å². The highest BCUT2D eigenvalue weighted by Gasteiger charge is 2.16. The van der Waals surface area contributed by atoms with Crippen LogP contribution >= 0.6 is 0 Å². The van der Waals surface area contributed by atoms with Crippen molar-refractivity contribution in [2.75, 3.05) is 12.8 Å². The molecule has 3 N–H and O–H groups in total. The van der Waals surface area contributed by atoms with Gasteiger partial charge in [0.1, 0.15) is 23.1 Å². The lowest BCUT2D eigenvalue weighted by atomic mass is 10.2. The lowest BCUT2D eigenvalue weighted by Gasteiger charge is -2.16. The van der Waals surface area contributed by atoms with Gasteiger partial charge in [0.25, 0.3) is 5.91 Å². The quantitative estimate of drug-likeness (QED) is 0.884. The van der Waals surface area contributed by atoms with Crippen molar-refractivity contribution in [3.8, 4) is 0 Å². The Kier molecular flexibility index (Phi) is 3.46. The van der Waals surface area contributed by atoms with Crippen LogP contribution in [-0.2, 0) is 6.54 Å². The number of nitrogen functional groups attached to an aromatic ring is 1. The Morgan fingerprint density at radius 1 is 1.42 bits per heavy atom. The first-order chi connectivity index (χ1) is 8.97. The molecule has 100 valence electrons. The van der Waals surface area contributed by atoms with Crippen molar-refractivity contribution >= 4 is 11.7 Å². The van der Waals surface area contributed by atoms with Crippen LogP contribution in [0.1, 0.15) is 16.1 Å². The van der Waals surface area contributed by atoms with Crippen molar-refractivity contribution in [3.63, 3.8) is 0 Å². The van der Waals surface area contributed by atoms with Gasteiger partial charge in [-0.3, -0.25) is 9.89 Å². The Hall–Kier alpha value is -2.44. The van der Waals surface area contributed by atoms with Gasteiger partial charge in [0.05, 0.1) is 0 Å². The van der Waals surface area contributed by atoms with Crippen LogP contribution in [0.3, 0.4) is 0 Å². The van der Waals surface area contributed by atoms with Gasteiger partial charge in [0, 0.05) is 31.3 Å². The largest absolute Gasteiger partial charge is 0.382 e. The molecule has 1 amide bonds. The fourth-order valence-electron chi connectivity index (χ4n) is 1.63. The fourth-order valence-corrected chi connectivity index (χ4v) is 1.63. The summed E-state index contributed by atoms with van der Waals surface area (Å²) in [6.45, 7) is 0.0177. The summed E-state index contributed by atoms with van der Waals surface area (Å²) in [5.74, 6) is -1.53. The van der Waals surface area contributed by atoms with Crippen LogP contribution in [-0.4, -0.2) is 28.1 Å². The summed E-state index contributed by atoms with van der Waals surface area (Å²) in [7, 11) is 1.50. The summed E-state index contributed by atoms with van der Waals surface area (Å²) in [6.07, 6.45) is 0. The number of hydrogen-bond donors (Lipinski definition) is 2. The molecule has 0 aliphatic rings. The van der Waals surface area contributed by atoms with E-state index in [-0.39, 0.29) is 29.5 Å². The molecule has 1 aromatic carbocycles. The molecular weight excluding hydrogens is 254 g/mol. The maximum atomic E-state index is 13.5. The number of H-pyrrole nitrogens is 1. The molecule has 0 atom stereocenters. The molecule has 19 heavy (non-hydrogen) atoms. The summed E-state index contributed by atoms with van der Waals surface area (Å²) >= 11 is 0. The Morgan fingerprint density at radius 3 is 2.74 bits per heavy atom. The van der Waals surface area contributed by atoms with Crippen LogP contribution in [0.5, 0.6) is 0 Å². The summed E-state index contributed by atoms with van der Waals surface area (Å²) in [4.78, 5) is 13.2. The highest BCUT2D eigenvalue weighted by molar-refractivity contribution is 5.92. The van der Waals surface area contributed by atoms with Crippen LogP contribution in [0.2, 0.25) is 0 Å². The monoisotopic (exact) mass is 266 g/mol. The summed E-state index contributed by atoms with van der Waals surface area (Å²) in [5, 5.41) is 6.11. The van der Waals surface area contributed by atoms with E-state index in [9.17, 15) is 13.6 Å². The molecule has 1 aromatic heterocycles. The van der Waals surface area contributed by atoms with E-state index in [0.29, 0.717) is 0 Å². The molecular formula is C12H12F2N4O. The minimum Gasteiger partial charge on any atom is -0.382 e. The molecule has 5 nitrogen and oxygen atoms in total. The predicted octanol–water partition coefficient (Wildman–Crippen LogP) is 1.54. The first-order valence-electron chi connectivity index (χ1n) is 5.47. The normalized spacial score (nSPS) is 10.5. The van der Waals surface area contributed by atoms with Crippen LogP contribution in [0.4, 0.5) is 14.6 Å². The van der Waals surface area contributed by atoms with E-state index >= 15 is 0 Å². The molecule has 0 saturated heterocycles. The second-order valence-corrected chi connectivity index (χ2v) is 4.10. The number of nitrogens with two attached hydrogens (primary N) is 1. The molecule has 0 unspecified atom stereocenters. The van der Waals surface area contributed by atoms with Crippen LogP contribution in [0.15, 0.2) is 24.3 Å². The molecule has 2 aromatic rings. The van der Waals surface area contributed by atoms with Gasteiger partial charge in [-0.25, -0.2) is 8.78 Å². The van der Waals surface area contributed by atoms with E-state index in [1.54, 1.807) is 0 Å². The number of carbonyl (C=O) groups excluding carboxylic acids is 1. The van der Waals surface area contributed by atoms with Crippen molar-refractivity contribution in [1.82, 2.24) is 15.1 Å². The number of aromatic amines is 1. The van der Waals surface area contributed by atoms with Crippen LogP contribution < -0.4 is 5.73 Å². The molecule has 0 bridgehead atoms. The maximum absolute atomic E-state index is 13.5. The third-order valence-corrected chi connectivity index (χ3v) is 2.60. The second-order valence-electron chi connectivity index (χ2n) is 4.10. The zero-order valence-electron chi connectivity index (χ0n) is 10.2. The molecule has 1 heterocycles. The molecule has 0 radical (unpaired) electrons. The van der Waals surface area contributed by atoms with Crippen molar-refractivity contribution in [2.45, 2.75) is 6.54 Å². The fraction of sp³-hybridized carbons (Fsp3) is 0.167. The molecule has 7 heteroatoms. The lowest BCUT2D eigenvalue weighted by Crippen LogP contribution is -2.27. The molecule has 0 fully saturated rings. The highest BCUT2D eigenvalue weighted by atomic mass is 19.1. The van der Waals surface area contributed by atoms with Gasteiger partial charge >= 0.3 is 0 Å². The van der Waals surface area contributed by atoms with E-state index in [1.807, 2.05) is 0 Å². The molecule has 0 aliphatic heterocycles. The number of benzene rings is 1. The smallest absolute Gasteiger partial charge is 0.271 e. The summed E-state index contributed by atoms with van der Waals surface area (Å²) in [6, 6.07) is 4.61. The number of amides is 1. The van der Waals surface area contributed by atoms with Crippen molar-refractivity contribution in [1.29, 1.82) is 0 Å². The zero-order valence-corrected chi connectivity index (χ0v) is 10.2. The van der Waals surface area contributed by atoms with Gasteiger partial charge in [-0.1, -0.05) is 6.07 Å². The van der Waals surface area contributed by atoms with Crippen molar-refractivity contribution in [2.24, 2.45) is 0 Å². The number of anilines is 1. The van der Waals surface area contributed by atoms with Gasteiger partial charge in [0.2, 0.25) is 0 Å². The first kappa shape index (κ1) is 13.0. The topological polar surface area (TPSA) is 75.0 Å². The molecule has 0 aliphatic carbocycles. The number of halogens is 2. The summed E-state index contributed by atoms with van der Waals surface area (Å²) in [5.41, 5.74) is 5.83.